The molecule has 0 atom stereocenters. The van der Waals surface area contributed by atoms with Crippen molar-refractivity contribution in [2.45, 2.75) is 16.3 Å². The van der Waals surface area contributed by atoms with E-state index in [1.165, 1.54) is 18.2 Å². The third-order valence-electron chi connectivity index (χ3n) is 4.56. The highest BCUT2D eigenvalue weighted by molar-refractivity contribution is 8.18. The van der Waals surface area contributed by atoms with Crippen LogP contribution in [-0.2, 0) is 11.3 Å². The number of rotatable bonds is 6. The number of imide groups is 1. The third kappa shape index (κ3) is 5.21. The maximum absolute atomic E-state index is 12.7. The van der Waals surface area contributed by atoms with E-state index in [1.54, 1.807) is 23.9 Å². The van der Waals surface area contributed by atoms with Crippen LogP contribution in [0.4, 0.5) is 10.5 Å². The first-order valence-electron chi connectivity index (χ1n) is 9.41. The summed E-state index contributed by atoms with van der Waals surface area (Å²) in [4.78, 5) is 39.1. The number of benzene rings is 3. The normalized spacial score (nSPS) is 14.9. The Morgan fingerprint density at radius 3 is 2.31 bits per heavy atom. The highest BCUT2D eigenvalue weighted by Gasteiger charge is 2.35. The Bertz CT molecular complexity index is 1230. The summed E-state index contributed by atoms with van der Waals surface area (Å²) >= 11 is 8.37. The van der Waals surface area contributed by atoms with Crippen LogP contribution in [0.2, 0.25) is 5.02 Å². The first-order valence-corrected chi connectivity index (χ1v) is 11.4. The van der Waals surface area contributed by atoms with Crippen molar-refractivity contribution in [3.63, 3.8) is 0 Å². The first kappa shape index (κ1) is 22.1. The molecule has 1 heterocycles. The summed E-state index contributed by atoms with van der Waals surface area (Å²) in [7, 11) is 0. The fourth-order valence-electron chi connectivity index (χ4n) is 3.01. The molecule has 0 spiro atoms. The van der Waals surface area contributed by atoms with Crippen LogP contribution in [0.15, 0.2) is 87.5 Å². The molecule has 0 bridgehead atoms. The van der Waals surface area contributed by atoms with Crippen LogP contribution >= 0.6 is 35.1 Å². The monoisotopic (exact) mass is 482 g/mol. The van der Waals surface area contributed by atoms with Gasteiger partial charge in [-0.15, -0.1) is 0 Å². The summed E-state index contributed by atoms with van der Waals surface area (Å²) in [5, 5.41) is 11.2. The fourth-order valence-corrected chi connectivity index (χ4v) is 4.79. The second-order valence-corrected chi connectivity index (χ2v) is 9.40. The molecule has 0 unspecified atom stereocenters. The van der Waals surface area contributed by atoms with Crippen molar-refractivity contribution in [3.8, 4) is 0 Å². The minimum Gasteiger partial charge on any atom is -0.268 e. The van der Waals surface area contributed by atoms with Gasteiger partial charge < -0.3 is 0 Å². The lowest BCUT2D eigenvalue weighted by Crippen LogP contribution is -2.27. The van der Waals surface area contributed by atoms with Gasteiger partial charge in [-0.05, 0) is 65.4 Å². The topological polar surface area (TPSA) is 80.5 Å². The van der Waals surface area contributed by atoms with Crippen LogP contribution < -0.4 is 0 Å². The van der Waals surface area contributed by atoms with Crippen molar-refractivity contribution < 1.29 is 14.5 Å². The second kappa shape index (κ2) is 9.60. The number of nitrogens with zero attached hydrogens (tertiary/aromatic N) is 2. The van der Waals surface area contributed by atoms with E-state index in [9.17, 15) is 19.7 Å². The Labute approximate surface area is 197 Å². The molecular formula is C23H15ClN2O4S2. The van der Waals surface area contributed by atoms with Crippen molar-refractivity contribution in [2.24, 2.45) is 0 Å². The van der Waals surface area contributed by atoms with Gasteiger partial charge in [-0.3, -0.25) is 24.6 Å². The summed E-state index contributed by atoms with van der Waals surface area (Å²) in [6, 6.07) is 21.1. The zero-order chi connectivity index (χ0) is 22.7. The van der Waals surface area contributed by atoms with E-state index in [4.69, 9.17) is 11.6 Å². The van der Waals surface area contributed by atoms with Crippen LogP contribution in [0.5, 0.6) is 0 Å². The van der Waals surface area contributed by atoms with Crippen LogP contribution in [0, 0.1) is 10.1 Å². The molecule has 6 nitrogen and oxygen atoms in total. The maximum atomic E-state index is 12.7. The zero-order valence-corrected chi connectivity index (χ0v) is 18.8. The van der Waals surface area contributed by atoms with E-state index in [-0.39, 0.29) is 12.2 Å². The van der Waals surface area contributed by atoms with E-state index in [0.29, 0.717) is 15.5 Å². The molecule has 160 valence electrons. The molecule has 3 aromatic rings. The first-order chi connectivity index (χ1) is 15.4. The summed E-state index contributed by atoms with van der Waals surface area (Å²) in [6.07, 6.45) is 1.68. The van der Waals surface area contributed by atoms with Crippen molar-refractivity contribution in [2.75, 3.05) is 0 Å². The van der Waals surface area contributed by atoms with Gasteiger partial charge in [-0.1, -0.05) is 47.6 Å². The predicted octanol–water partition coefficient (Wildman–Crippen LogP) is 6.64. The Morgan fingerprint density at radius 2 is 1.66 bits per heavy atom. The van der Waals surface area contributed by atoms with Crippen molar-refractivity contribution >= 4 is 58.0 Å². The lowest BCUT2D eigenvalue weighted by atomic mass is 10.2. The zero-order valence-electron chi connectivity index (χ0n) is 16.4. The van der Waals surface area contributed by atoms with E-state index in [2.05, 4.69) is 0 Å². The lowest BCUT2D eigenvalue weighted by Gasteiger charge is -2.12. The minimum absolute atomic E-state index is 0.0135. The molecular weight excluding hydrogens is 468 g/mol. The average Bonchev–Trinajstić information content (AvgIpc) is 3.04. The number of carbonyl (C=O) groups excluding carboxylic acids is 2. The van der Waals surface area contributed by atoms with Crippen LogP contribution in [-0.4, -0.2) is 21.0 Å². The van der Waals surface area contributed by atoms with Gasteiger partial charge in [0.05, 0.1) is 16.4 Å². The standard InChI is InChI=1S/C23H15ClN2O4S2/c24-17-6-10-20(11-7-17)31-19-8-4-15(5-9-19)13-21-22(27)25(23(28)32-21)14-16-2-1-3-18(12-16)26(29)30/h1-13H,14H2/b21-13-. The molecule has 9 heteroatoms. The molecule has 3 aromatic carbocycles. The van der Waals surface area contributed by atoms with Crippen LogP contribution in [0.3, 0.4) is 0 Å². The minimum atomic E-state index is -0.508. The van der Waals surface area contributed by atoms with E-state index < -0.39 is 16.1 Å². The molecule has 0 radical (unpaired) electrons. The number of thioether (sulfide) groups is 1. The van der Waals surface area contributed by atoms with Crippen molar-refractivity contribution in [3.05, 3.63) is 104 Å². The number of nitro groups is 1. The molecule has 1 saturated heterocycles. The number of amides is 2. The van der Waals surface area contributed by atoms with E-state index in [1.807, 2.05) is 48.5 Å². The lowest BCUT2D eigenvalue weighted by molar-refractivity contribution is -0.384. The molecule has 2 amide bonds. The van der Waals surface area contributed by atoms with E-state index in [0.717, 1.165) is 32.0 Å². The number of nitro benzene ring substituents is 1. The quantitative estimate of drug-likeness (QED) is 0.222. The molecule has 1 aliphatic heterocycles. The molecule has 0 aliphatic carbocycles. The van der Waals surface area contributed by atoms with Crippen molar-refractivity contribution in [1.29, 1.82) is 0 Å². The second-order valence-electron chi connectivity index (χ2n) is 6.82. The smallest absolute Gasteiger partial charge is 0.268 e. The predicted molar refractivity (Wildman–Crippen MR) is 127 cm³/mol. The molecule has 4 rings (SSSR count). The summed E-state index contributed by atoms with van der Waals surface area (Å²) in [5.41, 5.74) is 1.24. The Kier molecular flexibility index (Phi) is 6.64. The number of halogens is 1. The molecule has 1 fully saturated rings. The SMILES string of the molecule is O=C1S/C(=C\c2ccc(Sc3ccc(Cl)cc3)cc2)C(=O)N1Cc1cccc([N+](=O)[O-])c1. The number of hydrogen-bond acceptors (Lipinski definition) is 6. The highest BCUT2D eigenvalue weighted by atomic mass is 35.5. The maximum Gasteiger partial charge on any atom is 0.293 e. The third-order valence-corrected chi connectivity index (χ3v) is 6.74. The fraction of sp³-hybridized carbons (Fsp3) is 0.0435. The molecule has 0 saturated carbocycles. The van der Waals surface area contributed by atoms with Gasteiger partial charge in [0, 0.05) is 26.9 Å². The average molecular weight is 483 g/mol. The Hall–Kier alpha value is -3.07. The van der Waals surface area contributed by atoms with Gasteiger partial charge in [0.1, 0.15) is 0 Å². The molecule has 1 aliphatic rings. The van der Waals surface area contributed by atoms with Gasteiger partial charge in [0.15, 0.2) is 0 Å². The summed E-state index contributed by atoms with van der Waals surface area (Å²) < 4.78 is 0. The summed E-state index contributed by atoms with van der Waals surface area (Å²) in [5.74, 6) is -0.411. The molecule has 0 aromatic heterocycles. The van der Waals surface area contributed by atoms with Gasteiger partial charge in [-0.25, -0.2) is 0 Å². The number of carbonyl (C=O) groups is 2. The van der Waals surface area contributed by atoms with Gasteiger partial charge >= 0.3 is 0 Å². The number of non-ortho nitro benzene ring substituents is 1. The summed E-state index contributed by atoms with van der Waals surface area (Å²) in [6.45, 7) is -0.0135. The van der Waals surface area contributed by atoms with Gasteiger partial charge in [0.25, 0.3) is 16.8 Å². The van der Waals surface area contributed by atoms with Gasteiger partial charge in [-0.2, -0.15) is 0 Å². The highest BCUT2D eigenvalue weighted by Crippen LogP contribution is 2.34. The van der Waals surface area contributed by atoms with Crippen molar-refractivity contribution in [1.82, 2.24) is 4.90 Å². The van der Waals surface area contributed by atoms with Crippen LogP contribution in [0.1, 0.15) is 11.1 Å². The molecule has 0 N–H and O–H groups in total. The Morgan fingerprint density at radius 1 is 1.00 bits per heavy atom. The Balaban J connectivity index is 1.46. The largest absolute Gasteiger partial charge is 0.293 e. The van der Waals surface area contributed by atoms with Gasteiger partial charge in [0.2, 0.25) is 0 Å². The van der Waals surface area contributed by atoms with E-state index >= 15 is 0 Å². The van der Waals surface area contributed by atoms with Crippen LogP contribution in [0.25, 0.3) is 6.08 Å². The number of hydrogen-bond donors (Lipinski definition) is 0. The molecule has 32 heavy (non-hydrogen) atoms.